The zero-order chi connectivity index (χ0) is 54.7. The van der Waals surface area contributed by atoms with Gasteiger partial charge in [-0.1, -0.05) is 84.3 Å². The Kier molecular flexibility index (Phi) is 16.7. The lowest BCUT2D eigenvalue weighted by Crippen LogP contribution is -2.74. The van der Waals surface area contributed by atoms with Crippen LogP contribution in [0.5, 0.6) is 23.1 Å². The molecule has 18 heteroatoms. The van der Waals surface area contributed by atoms with Crippen LogP contribution in [0.1, 0.15) is 121 Å². The first-order valence-electron chi connectivity index (χ1n) is 25.8. The summed E-state index contributed by atoms with van der Waals surface area (Å²) in [7, 11) is 0. The lowest BCUT2D eigenvalue weighted by atomic mass is 9.49. The van der Waals surface area contributed by atoms with Gasteiger partial charge in [-0.2, -0.15) is 5.26 Å². The standard InChI is InChI=1S/C58H68ClN7O9S/c1-33(35-10-12-36(13-11-35)49-34(2)62-32-76-49)63-52(70)46-26-39(67)30-66(46)53(71)50(56(3,4)5)64-47(68)31-72-44-24-25-48(61-29-44)74-42-22-20-41(21-23-42)73-40-17-14-37(15-18-40)51(69)65-54-57(6,7)55(58(54,8)9)75-43-19-16-38(28-60)45(59)27-43/h10-19,24-25,27,29,32-33,39,41-42,46,50,54-55,67H,20-23,26,30-31H2,1-9H3,(H,63,70)(H,64,68)(H,65,69)/t33-,39+,41?,42?,46-,50+,54?,55?/m0/s1. The summed E-state index contributed by atoms with van der Waals surface area (Å²) >= 11 is 7.83. The van der Waals surface area contributed by atoms with E-state index in [0.29, 0.717) is 39.3 Å². The highest BCUT2D eigenvalue weighted by Crippen LogP contribution is 2.55. The fraction of sp³-hybridized carbons (Fsp3) is 0.466. The molecule has 0 unspecified atom stereocenters. The predicted molar refractivity (Wildman–Crippen MR) is 289 cm³/mol. The van der Waals surface area contributed by atoms with Crippen molar-refractivity contribution in [1.82, 2.24) is 30.8 Å². The largest absolute Gasteiger partial charge is 0.490 e. The second-order valence-corrected chi connectivity index (χ2v) is 23.7. The highest BCUT2D eigenvalue weighted by Gasteiger charge is 2.64. The fourth-order valence-electron chi connectivity index (χ4n) is 11.0. The molecule has 1 aliphatic heterocycles. The molecule has 4 N–H and O–H groups in total. The van der Waals surface area contributed by atoms with Crippen LogP contribution in [0.25, 0.3) is 10.4 Å². The van der Waals surface area contributed by atoms with Crippen LogP contribution < -0.4 is 34.9 Å². The molecular weight excluding hydrogens is 1010 g/mol. The van der Waals surface area contributed by atoms with Crippen molar-refractivity contribution < 1.29 is 43.2 Å². The Balaban J connectivity index is 0.758. The number of β-amino-alcohol motifs (C(OH)–C–C–N with tert-alkyl or cyclic N) is 1. The molecule has 8 rings (SSSR count). The molecule has 0 radical (unpaired) electrons. The van der Waals surface area contributed by atoms with Crippen LogP contribution in [-0.2, 0) is 14.4 Å². The quantitative estimate of drug-likeness (QED) is 0.0686. The van der Waals surface area contributed by atoms with Gasteiger partial charge in [0.25, 0.3) is 11.8 Å². The number of aliphatic hydroxyl groups is 1. The van der Waals surface area contributed by atoms with Gasteiger partial charge < -0.3 is 44.9 Å². The number of carbonyl (C=O) groups is 4. The van der Waals surface area contributed by atoms with Gasteiger partial charge in [0.05, 0.1) is 51.1 Å². The van der Waals surface area contributed by atoms with Crippen molar-refractivity contribution in [3.8, 4) is 39.6 Å². The average Bonchev–Trinajstić information content (AvgIpc) is 4.08. The molecule has 2 aromatic heterocycles. The SMILES string of the molecule is Cc1ncsc1-c1ccc([C@H](C)NC(=O)[C@@H]2C[C@@H](O)CN2C(=O)[C@@H](NC(=O)COc2ccc(OC3CCC(Oc4ccc(C(=O)NC5C(C)(C)C(Oc6ccc(C#N)c(Cl)c6)C5(C)C)cc4)CC3)nc2)C(C)(C)C)cc1. The molecule has 402 valence electrons. The molecule has 5 aromatic rings. The molecule has 2 aliphatic carbocycles. The monoisotopic (exact) mass is 1070 g/mol. The lowest BCUT2D eigenvalue weighted by Gasteiger charge is -2.63. The van der Waals surface area contributed by atoms with E-state index in [2.05, 4.69) is 59.7 Å². The minimum Gasteiger partial charge on any atom is -0.490 e. The zero-order valence-corrected chi connectivity index (χ0v) is 46.1. The first-order chi connectivity index (χ1) is 36.0. The molecule has 0 spiro atoms. The number of rotatable bonds is 17. The highest BCUT2D eigenvalue weighted by molar-refractivity contribution is 7.13. The van der Waals surface area contributed by atoms with Crippen LogP contribution in [0.4, 0.5) is 0 Å². The van der Waals surface area contributed by atoms with Crippen molar-refractivity contribution in [3.63, 3.8) is 0 Å². The fourth-order valence-corrected chi connectivity index (χ4v) is 12.0. The number of ether oxygens (including phenoxy) is 4. The first-order valence-corrected chi connectivity index (χ1v) is 27.1. The minimum absolute atomic E-state index is 0.0204. The van der Waals surface area contributed by atoms with E-state index in [1.807, 2.05) is 76.5 Å². The van der Waals surface area contributed by atoms with E-state index in [-0.39, 0.29) is 61.8 Å². The van der Waals surface area contributed by atoms with Crippen molar-refractivity contribution in [2.75, 3.05) is 13.2 Å². The maximum Gasteiger partial charge on any atom is 0.258 e. The molecule has 2 saturated carbocycles. The van der Waals surface area contributed by atoms with Crippen LogP contribution in [0, 0.1) is 34.5 Å². The Morgan fingerprint density at radius 1 is 0.868 bits per heavy atom. The number of amides is 4. The van der Waals surface area contributed by atoms with Gasteiger partial charge in [-0.15, -0.1) is 11.3 Å². The van der Waals surface area contributed by atoms with E-state index < -0.39 is 46.2 Å². The molecule has 16 nitrogen and oxygen atoms in total. The molecule has 3 fully saturated rings. The minimum atomic E-state index is -1.02. The van der Waals surface area contributed by atoms with Gasteiger partial charge in [-0.3, -0.25) is 19.2 Å². The van der Waals surface area contributed by atoms with E-state index >= 15 is 0 Å². The number of aliphatic hydroxyl groups excluding tert-OH is 1. The summed E-state index contributed by atoms with van der Waals surface area (Å²) in [4.78, 5) is 65.9. The number of nitrogens with zero attached hydrogens (tertiary/aromatic N) is 4. The Bertz CT molecular complexity index is 2910. The van der Waals surface area contributed by atoms with Gasteiger partial charge in [-0.05, 0) is 98.5 Å². The number of aryl methyl sites for hydroxylation is 1. The molecular formula is C58H68ClN7O9S. The third kappa shape index (κ3) is 12.6. The second kappa shape index (κ2) is 22.8. The third-order valence-corrected chi connectivity index (χ3v) is 16.2. The molecule has 4 atom stereocenters. The zero-order valence-electron chi connectivity index (χ0n) is 44.5. The predicted octanol–water partition coefficient (Wildman–Crippen LogP) is 9.17. The highest BCUT2D eigenvalue weighted by atomic mass is 35.5. The molecule has 76 heavy (non-hydrogen) atoms. The molecule has 3 heterocycles. The van der Waals surface area contributed by atoms with Gasteiger partial charge in [0.2, 0.25) is 17.7 Å². The summed E-state index contributed by atoms with van der Waals surface area (Å²) in [6.45, 7) is 17.1. The number of carbonyl (C=O) groups excluding carboxylic acids is 4. The number of halogens is 1. The van der Waals surface area contributed by atoms with Gasteiger partial charge in [0.1, 0.15) is 47.6 Å². The van der Waals surface area contributed by atoms with E-state index in [1.54, 1.807) is 53.8 Å². The van der Waals surface area contributed by atoms with Gasteiger partial charge in [-0.25, -0.2) is 9.97 Å². The number of pyridine rings is 1. The summed E-state index contributed by atoms with van der Waals surface area (Å²) in [6, 6.07) is 23.1. The molecule has 0 bridgehead atoms. The Hall–Kier alpha value is -6.74. The van der Waals surface area contributed by atoms with Crippen LogP contribution in [0.15, 0.2) is 90.6 Å². The van der Waals surface area contributed by atoms with Crippen molar-refractivity contribution in [2.24, 2.45) is 16.2 Å². The van der Waals surface area contributed by atoms with Crippen molar-refractivity contribution >= 4 is 46.6 Å². The van der Waals surface area contributed by atoms with E-state index in [9.17, 15) is 29.5 Å². The van der Waals surface area contributed by atoms with Crippen molar-refractivity contribution in [3.05, 3.63) is 118 Å². The first kappa shape index (κ1) is 55.5. The number of nitrogens with one attached hydrogen (secondary N) is 3. The van der Waals surface area contributed by atoms with Crippen LogP contribution in [0.2, 0.25) is 5.02 Å². The van der Waals surface area contributed by atoms with Crippen molar-refractivity contribution in [2.45, 2.75) is 143 Å². The van der Waals surface area contributed by atoms with E-state index in [1.165, 1.54) is 11.1 Å². The third-order valence-electron chi connectivity index (χ3n) is 14.9. The van der Waals surface area contributed by atoms with Crippen molar-refractivity contribution in [1.29, 1.82) is 5.26 Å². The Morgan fingerprint density at radius 2 is 1.51 bits per heavy atom. The molecule has 3 aromatic carbocycles. The smallest absolute Gasteiger partial charge is 0.258 e. The lowest BCUT2D eigenvalue weighted by molar-refractivity contribution is -0.164. The summed E-state index contributed by atoms with van der Waals surface area (Å²) in [5, 5.41) is 29.3. The Morgan fingerprint density at radius 3 is 2.11 bits per heavy atom. The van der Waals surface area contributed by atoms with Gasteiger partial charge in [0.15, 0.2) is 6.61 Å². The van der Waals surface area contributed by atoms with Gasteiger partial charge in [0, 0.05) is 47.5 Å². The van der Waals surface area contributed by atoms with E-state index in [0.717, 1.165) is 47.4 Å². The molecule has 1 saturated heterocycles. The normalized spacial score (nSPS) is 22.4. The number of aromatic nitrogens is 2. The molecule has 4 amide bonds. The summed E-state index contributed by atoms with van der Waals surface area (Å²) in [5.41, 5.74) is 4.07. The maximum absolute atomic E-state index is 14.2. The van der Waals surface area contributed by atoms with Crippen LogP contribution in [0.3, 0.4) is 0 Å². The van der Waals surface area contributed by atoms with Gasteiger partial charge >= 0.3 is 0 Å². The van der Waals surface area contributed by atoms with Crippen LogP contribution in [-0.4, -0.2) is 99.3 Å². The summed E-state index contributed by atoms with van der Waals surface area (Å²) in [6.07, 6.45) is 3.37. The topological polar surface area (TPSA) is 214 Å². The number of thiazole rings is 1. The number of benzene rings is 3. The molecule has 3 aliphatic rings. The summed E-state index contributed by atoms with van der Waals surface area (Å²) < 4.78 is 24.7. The maximum atomic E-state index is 14.2. The number of hydrogen-bond acceptors (Lipinski definition) is 13. The van der Waals surface area contributed by atoms with Crippen LogP contribution >= 0.6 is 22.9 Å². The number of likely N-dealkylation sites (tertiary alicyclic amines) is 1. The number of hydrogen-bond donors (Lipinski definition) is 4. The number of nitriles is 1. The van der Waals surface area contributed by atoms with E-state index in [4.69, 9.17) is 30.5 Å². The second-order valence-electron chi connectivity index (χ2n) is 22.5. The average molecular weight is 1070 g/mol. The summed E-state index contributed by atoms with van der Waals surface area (Å²) in [5.74, 6) is 0.435. The Labute approximate surface area is 453 Å².